The second-order valence-corrected chi connectivity index (χ2v) is 17.0. The van der Waals surface area contributed by atoms with E-state index in [1.54, 1.807) is 0 Å². The first-order chi connectivity index (χ1) is 28.7. The smallest absolute Gasteiger partial charge is 0.0462 e. The number of hydrogen-bond donors (Lipinski definition) is 0. The van der Waals surface area contributed by atoms with Crippen LogP contribution in [0.2, 0.25) is 0 Å². The SMILES string of the molecule is CC1(C)C(c2ccc(N(c3ccc(C4=Cc5ccccc5C4(C)C)cc3)c3ccc(-c4ccc(-c5ccc(-c6ccccc6)cc5)cc4)cc3)cc2)=Cc2ccccc21. The summed E-state index contributed by atoms with van der Waals surface area (Å²) in [5.41, 5.74) is 21.2. The third-order valence-electron chi connectivity index (χ3n) is 12.8. The van der Waals surface area contributed by atoms with Gasteiger partial charge in [0.1, 0.15) is 0 Å². The first-order valence-electron chi connectivity index (χ1n) is 20.7. The van der Waals surface area contributed by atoms with E-state index in [-0.39, 0.29) is 10.8 Å². The topological polar surface area (TPSA) is 3.24 Å². The van der Waals surface area contributed by atoms with E-state index in [0.717, 1.165) is 17.1 Å². The molecule has 8 aromatic carbocycles. The summed E-state index contributed by atoms with van der Waals surface area (Å²) < 4.78 is 0. The average Bonchev–Trinajstić information content (AvgIpc) is 3.72. The molecule has 0 aromatic heterocycles. The number of hydrogen-bond acceptors (Lipinski definition) is 1. The van der Waals surface area contributed by atoms with Gasteiger partial charge in [-0.25, -0.2) is 0 Å². The van der Waals surface area contributed by atoms with Gasteiger partial charge in [-0.15, -0.1) is 0 Å². The highest BCUT2D eigenvalue weighted by atomic mass is 15.1. The van der Waals surface area contributed by atoms with Gasteiger partial charge in [0, 0.05) is 27.9 Å². The third-order valence-corrected chi connectivity index (χ3v) is 12.8. The summed E-state index contributed by atoms with van der Waals surface area (Å²) in [7, 11) is 0. The minimum Gasteiger partial charge on any atom is -0.311 e. The summed E-state index contributed by atoms with van der Waals surface area (Å²) in [6.45, 7) is 9.35. The number of rotatable bonds is 8. The number of benzene rings is 8. The maximum atomic E-state index is 2.38. The Balaban J connectivity index is 0.957. The summed E-state index contributed by atoms with van der Waals surface area (Å²) in [4.78, 5) is 2.38. The van der Waals surface area contributed by atoms with Gasteiger partial charge in [0.05, 0.1) is 0 Å². The molecule has 0 amide bonds. The van der Waals surface area contributed by atoms with Crippen LogP contribution in [0.15, 0.2) is 200 Å². The van der Waals surface area contributed by atoms with Crippen molar-refractivity contribution in [2.45, 2.75) is 38.5 Å². The van der Waals surface area contributed by atoms with E-state index in [1.165, 1.54) is 77.9 Å². The van der Waals surface area contributed by atoms with Crippen LogP contribution in [-0.2, 0) is 10.8 Å². The monoisotopic (exact) mass is 757 g/mol. The van der Waals surface area contributed by atoms with E-state index in [4.69, 9.17) is 0 Å². The molecule has 284 valence electrons. The second kappa shape index (κ2) is 14.5. The Labute approximate surface area is 349 Å². The summed E-state index contributed by atoms with van der Waals surface area (Å²) >= 11 is 0. The molecule has 8 aromatic rings. The molecule has 1 nitrogen and oxygen atoms in total. The fourth-order valence-corrected chi connectivity index (χ4v) is 9.41. The van der Waals surface area contributed by atoms with Crippen molar-refractivity contribution in [1.29, 1.82) is 0 Å². The molecular formula is C58H47N. The number of nitrogens with zero attached hydrogens (tertiary/aromatic N) is 1. The Morgan fingerprint density at radius 2 is 0.542 bits per heavy atom. The van der Waals surface area contributed by atoms with Crippen LogP contribution >= 0.6 is 0 Å². The van der Waals surface area contributed by atoms with Crippen molar-refractivity contribution in [3.05, 3.63) is 234 Å². The number of allylic oxidation sites excluding steroid dienone is 2. The second-order valence-electron chi connectivity index (χ2n) is 17.0. The lowest BCUT2D eigenvalue weighted by atomic mass is 9.78. The Morgan fingerprint density at radius 1 is 0.271 bits per heavy atom. The summed E-state index contributed by atoms with van der Waals surface area (Å²) in [6.07, 6.45) is 4.73. The van der Waals surface area contributed by atoms with Crippen molar-refractivity contribution in [2.24, 2.45) is 0 Å². The fourth-order valence-electron chi connectivity index (χ4n) is 9.41. The summed E-state index contributed by atoms with van der Waals surface area (Å²) in [6, 6.07) is 73.2. The largest absolute Gasteiger partial charge is 0.311 e. The van der Waals surface area contributed by atoms with Crippen LogP contribution in [0.1, 0.15) is 61.1 Å². The van der Waals surface area contributed by atoms with Crippen LogP contribution in [0.4, 0.5) is 17.1 Å². The Kier molecular flexibility index (Phi) is 8.91. The summed E-state index contributed by atoms with van der Waals surface area (Å²) in [5, 5.41) is 0. The van der Waals surface area contributed by atoms with Crippen LogP contribution in [0.25, 0.3) is 56.7 Å². The van der Waals surface area contributed by atoms with E-state index in [2.05, 4.69) is 245 Å². The van der Waals surface area contributed by atoms with E-state index < -0.39 is 0 Å². The standard InChI is InChI=1S/C58H47N/c1-57(2)53-16-10-8-14-48(53)38-55(57)46-28-34-51(35-29-46)59(52-36-30-47(31-37-52)56-39-49-15-9-11-17-54(49)58(56,3)4)50-32-26-45(27-33-50)44-24-22-43(23-25-44)42-20-18-41(19-21-42)40-12-6-5-7-13-40/h5-39H,1-4H3. The molecule has 0 spiro atoms. The molecule has 0 aliphatic heterocycles. The molecule has 0 saturated carbocycles. The minimum absolute atomic E-state index is 0.0585. The maximum Gasteiger partial charge on any atom is 0.0462 e. The van der Waals surface area contributed by atoms with E-state index in [1.807, 2.05) is 0 Å². The van der Waals surface area contributed by atoms with Crippen LogP contribution in [0.5, 0.6) is 0 Å². The zero-order valence-electron chi connectivity index (χ0n) is 34.2. The molecule has 0 bridgehead atoms. The van der Waals surface area contributed by atoms with Crippen molar-refractivity contribution in [2.75, 3.05) is 4.90 Å². The molecule has 0 atom stereocenters. The van der Waals surface area contributed by atoms with Gasteiger partial charge in [-0.05, 0) is 126 Å². The molecule has 0 heterocycles. The van der Waals surface area contributed by atoms with Crippen molar-refractivity contribution >= 4 is 40.4 Å². The van der Waals surface area contributed by atoms with Gasteiger partial charge in [-0.1, -0.05) is 191 Å². The molecular weight excluding hydrogens is 711 g/mol. The molecule has 0 radical (unpaired) electrons. The van der Waals surface area contributed by atoms with Crippen molar-refractivity contribution in [3.63, 3.8) is 0 Å². The Morgan fingerprint density at radius 3 is 0.881 bits per heavy atom. The molecule has 2 aliphatic rings. The van der Waals surface area contributed by atoms with Gasteiger partial charge < -0.3 is 4.90 Å². The Hall–Kier alpha value is -6.96. The van der Waals surface area contributed by atoms with E-state index in [9.17, 15) is 0 Å². The van der Waals surface area contributed by atoms with Gasteiger partial charge >= 0.3 is 0 Å². The molecule has 2 aliphatic carbocycles. The lowest BCUT2D eigenvalue weighted by Crippen LogP contribution is -2.16. The highest BCUT2D eigenvalue weighted by Crippen LogP contribution is 2.49. The van der Waals surface area contributed by atoms with Crippen molar-refractivity contribution in [1.82, 2.24) is 0 Å². The molecule has 1 heteroatoms. The van der Waals surface area contributed by atoms with Gasteiger partial charge in [0.15, 0.2) is 0 Å². The van der Waals surface area contributed by atoms with Gasteiger partial charge in [0.25, 0.3) is 0 Å². The van der Waals surface area contributed by atoms with E-state index >= 15 is 0 Å². The molecule has 0 fully saturated rings. The quantitative estimate of drug-likeness (QED) is 0.149. The van der Waals surface area contributed by atoms with Gasteiger partial charge in [-0.2, -0.15) is 0 Å². The van der Waals surface area contributed by atoms with Gasteiger partial charge in [0.2, 0.25) is 0 Å². The van der Waals surface area contributed by atoms with Crippen molar-refractivity contribution < 1.29 is 0 Å². The van der Waals surface area contributed by atoms with Crippen LogP contribution in [0.3, 0.4) is 0 Å². The van der Waals surface area contributed by atoms with Crippen LogP contribution in [0, 0.1) is 0 Å². The predicted octanol–water partition coefficient (Wildman–Crippen LogP) is 15.8. The molecule has 0 N–H and O–H groups in total. The zero-order valence-corrected chi connectivity index (χ0v) is 34.2. The molecule has 0 saturated heterocycles. The lowest BCUT2D eigenvalue weighted by Gasteiger charge is -2.28. The normalized spacial score (nSPS) is 14.6. The fraction of sp³-hybridized carbons (Fsp3) is 0.103. The molecule has 0 unspecified atom stereocenters. The van der Waals surface area contributed by atoms with E-state index in [0.29, 0.717) is 0 Å². The highest BCUT2D eigenvalue weighted by molar-refractivity contribution is 5.96. The lowest BCUT2D eigenvalue weighted by molar-refractivity contribution is 0.704. The first-order valence-corrected chi connectivity index (χ1v) is 20.7. The van der Waals surface area contributed by atoms with Crippen LogP contribution in [-0.4, -0.2) is 0 Å². The van der Waals surface area contributed by atoms with Crippen LogP contribution < -0.4 is 4.90 Å². The molecule has 59 heavy (non-hydrogen) atoms. The summed E-state index contributed by atoms with van der Waals surface area (Å²) in [5.74, 6) is 0. The number of anilines is 3. The number of fused-ring (bicyclic) bond motifs is 2. The minimum atomic E-state index is -0.0585. The maximum absolute atomic E-state index is 2.38. The van der Waals surface area contributed by atoms with Gasteiger partial charge in [-0.3, -0.25) is 0 Å². The van der Waals surface area contributed by atoms with Crippen molar-refractivity contribution in [3.8, 4) is 33.4 Å². The average molecular weight is 758 g/mol. The third kappa shape index (κ3) is 6.54. The predicted molar refractivity (Wildman–Crippen MR) is 252 cm³/mol. The Bertz CT molecular complexity index is 2740. The zero-order chi connectivity index (χ0) is 40.1. The first kappa shape index (κ1) is 36.4. The molecule has 10 rings (SSSR count). The highest BCUT2D eigenvalue weighted by Gasteiger charge is 2.34.